The quantitative estimate of drug-likeness (QED) is 0.759. The summed E-state index contributed by atoms with van der Waals surface area (Å²) in [5, 5.41) is 12.0. The van der Waals surface area contributed by atoms with Gasteiger partial charge in [0, 0.05) is 12.1 Å². The Morgan fingerprint density at radius 3 is 2.46 bits per heavy atom. The smallest absolute Gasteiger partial charge is 0.335 e. The number of carbonyl (C=O) groups excluding carboxylic acids is 1. The zero-order valence-corrected chi connectivity index (χ0v) is 16.0. The van der Waals surface area contributed by atoms with Gasteiger partial charge in [-0.1, -0.05) is 35.9 Å². The number of aromatic carboxylic acids is 1. The topological polar surface area (TPSA) is 75.6 Å². The van der Waals surface area contributed by atoms with E-state index in [9.17, 15) is 9.59 Å². The van der Waals surface area contributed by atoms with E-state index in [1.165, 1.54) is 5.57 Å². The first-order valence-corrected chi connectivity index (χ1v) is 9.51. The molecule has 0 fully saturated rings. The maximum Gasteiger partial charge on any atom is 0.335 e. The molecule has 5 nitrogen and oxygen atoms in total. The van der Waals surface area contributed by atoms with Crippen molar-refractivity contribution in [2.24, 2.45) is 0 Å². The van der Waals surface area contributed by atoms with Crippen LogP contribution in [0.5, 0.6) is 5.75 Å². The zero-order chi connectivity index (χ0) is 19.9. The third kappa shape index (κ3) is 4.80. The molecule has 0 bridgehead atoms. The standard InChI is InChI=1S/C23H25NO4/c1-28-21-9-5-3-7-19(21)14-18-6-2-4-8-20(18)22(25)24-15-16-10-12-17(13-11-16)23(26)27/h3,5,7,9-13H,2,4,6,8,14-15H2,1H3,(H,24,25)(H,26,27). The van der Waals surface area contributed by atoms with E-state index in [0.29, 0.717) is 6.54 Å². The molecule has 2 aromatic carbocycles. The van der Waals surface area contributed by atoms with Gasteiger partial charge in [-0.3, -0.25) is 4.79 Å². The molecule has 0 aliphatic heterocycles. The van der Waals surface area contributed by atoms with E-state index in [1.807, 2.05) is 24.3 Å². The van der Waals surface area contributed by atoms with E-state index in [-0.39, 0.29) is 11.5 Å². The van der Waals surface area contributed by atoms with Gasteiger partial charge < -0.3 is 15.2 Å². The van der Waals surface area contributed by atoms with Crippen LogP contribution in [-0.4, -0.2) is 24.1 Å². The summed E-state index contributed by atoms with van der Waals surface area (Å²) in [5.74, 6) is -0.144. The van der Waals surface area contributed by atoms with E-state index in [2.05, 4.69) is 5.32 Å². The molecular formula is C23H25NO4. The van der Waals surface area contributed by atoms with Gasteiger partial charge in [0.05, 0.1) is 12.7 Å². The fourth-order valence-electron chi connectivity index (χ4n) is 3.57. The normalized spacial score (nSPS) is 13.9. The average molecular weight is 379 g/mol. The third-order valence-electron chi connectivity index (χ3n) is 5.11. The highest BCUT2D eigenvalue weighted by Gasteiger charge is 2.20. The van der Waals surface area contributed by atoms with Crippen LogP contribution >= 0.6 is 0 Å². The van der Waals surface area contributed by atoms with Gasteiger partial charge in [0.2, 0.25) is 5.91 Å². The molecule has 1 aliphatic carbocycles. The molecular weight excluding hydrogens is 354 g/mol. The lowest BCUT2D eigenvalue weighted by Crippen LogP contribution is -2.27. The first-order valence-electron chi connectivity index (χ1n) is 9.51. The number of carboxylic acids is 1. The number of hydrogen-bond acceptors (Lipinski definition) is 3. The van der Waals surface area contributed by atoms with E-state index >= 15 is 0 Å². The highest BCUT2D eigenvalue weighted by molar-refractivity contribution is 5.94. The lowest BCUT2D eigenvalue weighted by molar-refractivity contribution is -0.118. The lowest BCUT2D eigenvalue weighted by atomic mass is 9.87. The van der Waals surface area contributed by atoms with Crippen molar-refractivity contribution in [1.29, 1.82) is 0 Å². The Hall–Kier alpha value is -3.08. The molecule has 3 rings (SSSR count). The van der Waals surface area contributed by atoms with Gasteiger partial charge in [-0.15, -0.1) is 0 Å². The summed E-state index contributed by atoms with van der Waals surface area (Å²) in [6.07, 6.45) is 4.55. The molecule has 2 N–H and O–H groups in total. The molecule has 0 spiro atoms. The van der Waals surface area contributed by atoms with Gasteiger partial charge >= 0.3 is 5.97 Å². The summed E-state index contributed by atoms with van der Waals surface area (Å²) in [5.41, 5.74) is 4.26. The third-order valence-corrected chi connectivity index (χ3v) is 5.11. The Balaban J connectivity index is 1.71. The summed E-state index contributed by atoms with van der Waals surface area (Å²) in [4.78, 5) is 23.7. The maximum atomic E-state index is 12.8. The molecule has 146 valence electrons. The van der Waals surface area contributed by atoms with Crippen LogP contribution in [0, 0.1) is 0 Å². The number of nitrogens with one attached hydrogen (secondary N) is 1. The number of allylic oxidation sites excluding steroid dienone is 1. The van der Waals surface area contributed by atoms with Gasteiger partial charge in [0.15, 0.2) is 0 Å². The molecule has 0 unspecified atom stereocenters. The first kappa shape index (κ1) is 19.7. The van der Waals surface area contributed by atoms with Crippen LogP contribution in [0.15, 0.2) is 59.7 Å². The number of ether oxygens (including phenoxy) is 1. The van der Waals surface area contributed by atoms with Crippen LogP contribution in [-0.2, 0) is 17.8 Å². The van der Waals surface area contributed by atoms with Crippen molar-refractivity contribution < 1.29 is 19.4 Å². The number of para-hydroxylation sites is 1. The predicted octanol–water partition coefficient (Wildman–Crippen LogP) is 4.12. The molecule has 0 saturated carbocycles. The number of carbonyl (C=O) groups is 2. The second-order valence-electron chi connectivity index (χ2n) is 6.96. The number of rotatable bonds is 7. The van der Waals surface area contributed by atoms with Crippen molar-refractivity contribution in [3.05, 3.63) is 76.4 Å². The van der Waals surface area contributed by atoms with Gasteiger partial charge in [-0.25, -0.2) is 4.79 Å². The summed E-state index contributed by atoms with van der Waals surface area (Å²) in [7, 11) is 1.66. The number of methoxy groups -OCH3 is 1. The Kier molecular flexibility index (Phi) is 6.48. The van der Waals surface area contributed by atoms with Gasteiger partial charge in [0.25, 0.3) is 0 Å². The molecule has 2 aromatic rings. The largest absolute Gasteiger partial charge is 0.496 e. The van der Waals surface area contributed by atoms with E-state index in [1.54, 1.807) is 31.4 Å². The van der Waals surface area contributed by atoms with E-state index in [0.717, 1.165) is 54.6 Å². The molecule has 0 heterocycles. The number of benzene rings is 2. The SMILES string of the molecule is COc1ccccc1CC1=C(C(=O)NCc2ccc(C(=O)O)cc2)CCCC1. The molecule has 0 aromatic heterocycles. The van der Waals surface area contributed by atoms with Gasteiger partial charge in [-0.2, -0.15) is 0 Å². The molecule has 0 radical (unpaired) electrons. The van der Waals surface area contributed by atoms with Crippen LogP contribution in [0.4, 0.5) is 0 Å². The predicted molar refractivity (Wildman–Crippen MR) is 107 cm³/mol. The summed E-state index contributed by atoms with van der Waals surface area (Å²) in [6, 6.07) is 14.5. The summed E-state index contributed by atoms with van der Waals surface area (Å²) in [6.45, 7) is 0.379. The van der Waals surface area contributed by atoms with Crippen molar-refractivity contribution in [2.75, 3.05) is 7.11 Å². The Bertz CT molecular complexity index is 884. The summed E-state index contributed by atoms with van der Waals surface area (Å²) >= 11 is 0. The second kappa shape index (κ2) is 9.22. The maximum absolute atomic E-state index is 12.8. The Morgan fingerprint density at radius 2 is 1.75 bits per heavy atom. The van der Waals surface area contributed by atoms with Crippen molar-refractivity contribution in [1.82, 2.24) is 5.32 Å². The molecule has 0 atom stereocenters. The van der Waals surface area contributed by atoms with Crippen molar-refractivity contribution in [3.8, 4) is 5.75 Å². The summed E-state index contributed by atoms with van der Waals surface area (Å²) < 4.78 is 5.45. The molecule has 28 heavy (non-hydrogen) atoms. The number of carboxylic acid groups (broad SMARTS) is 1. The minimum absolute atomic E-state index is 0.0353. The van der Waals surface area contributed by atoms with Crippen molar-refractivity contribution in [2.45, 2.75) is 38.6 Å². The Morgan fingerprint density at radius 1 is 1.04 bits per heavy atom. The highest BCUT2D eigenvalue weighted by Crippen LogP contribution is 2.30. The lowest BCUT2D eigenvalue weighted by Gasteiger charge is -2.21. The fraction of sp³-hybridized carbons (Fsp3) is 0.304. The monoisotopic (exact) mass is 379 g/mol. The molecule has 5 heteroatoms. The van der Waals surface area contributed by atoms with Gasteiger partial charge in [-0.05, 0) is 61.4 Å². The highest BCUT2D eigenvalue weighted by atomic mass is 16.5. The van der Waals surface area contributed by atoms with Gasteiger partial charge in [0.1, 0.15) is 5.75 Å². The van der Waals surface area contributed by atoms with Crippen LogP contribution in [0.1, 0.15) is 47.2 Å². The van der Waals surface area contributed by atoms with Crippen LogP contribution < -0.4 is 10.1 Å². The van der Waals surface area contributed by atoms with Crippen LogP contribution in [0.3, 0.4) is 0 Å². The van der Waals surface area contributed by atoms with Crippen molar-refractivity contribution >= 4 is 11.9 Å². The van der Waals surface area contributed by atoms with E-state index in [4.69, 9.17) is 9.84 Å². The molecule has 1 aliphatic rings. The fourth-order valence-corrected chi connectivity index (χ4v) is 3.57. The second-order valence-corrected chi connectivity index (χ2v) is 6.96. The van der Waals surface area contributed by atoms with Crippen molar-refractivity contribution in [3.63, 3.8) is 0 Å². The average Bonchev–Trinajstić information content (AvgIpc) is 2.73. The minimum atomic E-state index is -0.955. The molecule has 0 saturated heterocycles. The van der Waals surface area contributed by atoms with Crippen LogP contribution in [0.2, 0.25) is 0 Å². The number of amides is 1. The first-order chi connectivity index (χ1) is 13.6. The minimum Gasteiger partial charge on any atom is -0.496 e. The van der Waals surface area contributed by atoms with E-state index < -0.39 is 5.97 Å². The number of hydrogen-bond donors (Lipinski definition) is 2. The Labute approximate surface area is 165 Å². The van der Waals surface area contributed by atoms with Crippen LogP contribution in [0.25, 0.3) is 0 Å². The molecule has 1 amide bonds. The zero-order valence-electron chi connectivity index (χ0n) is 16.0.